The van der Waals surface area contributed by atoms with Crippen LogP contribution in [-0.2, 0) is 6.21 Å². The van der Waals surface area contributed by atoms with Gasteiger partial charge in [0, 0.05) is 37.3 Å². The molecule has 0 saturated heterocycles. The van der Waals surface area contributed by atoms with Crippen LogP contribution < -0.4 is 0 Å². The number of rotatable bonds is 0. The summed E-state index contributed by atoms with van der Waals surface area (Å²) >= 11 is -5.52. The molecule has 0 amide bonds. The van der Waals surface area contributed by atoms with Gasteiger partial charge in [-0.25, -0.2) is 0 Å². The summed E-state index contributed by atoms with van der Waals surface area (Å²) in [5.74, 6) is 0. The van der Waals surface area contributed by atoms with E-state index in [2.05, 4.69) is 0 Å². The smallest absolute Gasteiger partial charge is 0 e. The molecule has 0 spiro atoms. The maximum Gasteiger partial charge on any atom is 0 e. The number of hydrogen-bond acceptors (Lipinski definition) is 2. The van der Waals surface area contributed by atoms with Crippen LogP contribution in [0.15, 0.2) is 0 Å². The maximum atomic E-state index is 8.85. The van der Waals surface area contributed by atoms with Gasteiger partial charge in [-0.15, -0.1) is 0 Å². The summed E-state index contributed by atoms with van der Waals surface area (Å²) in [6.07, 6.45) is 0. The van der Waals surface area contributed by atoms with Gasteiger partial charge in [0.1, 0.15) is 0 Å². The molecule has 4 nitrogen and oxygen atoms in total. The maximum absolute atomic E-state index is 8.85. The summed E-state index contributed by atoms with van der Waals surface area (Å²) in [5.41, 5.74) is 0. The van der Waals surface area contributed by atoms with Crippen molar-refractivity contribution in [2.75, 3.05) is 0 Å². The van der Waals surface area contributed by atoms with E-state index in [1.807, 2.05) is 0 Å². The van der Waals surface area contributed by atoms with Gasteiger partial charge in [-0.05, 0) is 0 Å². The third kappa shape index (κ3) is 47.6. The first-order valence-electron chi connectivity index (χ1n) is 0.698. The molecule has 0 fully saturated rings. The van der Waals surface area contributed by atoms with E-state index in [0.29, 0.717) is 0 Å². The molecule has 6 heavy (non-hydrogen) atoms. The van der Waals surface area contributed by atoms with Crippen LogP contribution in [0.5, 0.6) is 0 Å². The van der Waals surface area contributed by atoms with Crippen LogP contribution in [0, 0.1) is 37.3 Å². The second-order valence-corrected chi connectivity index (χ2v) is 3.00. The largest absolute Gasteiger partial charge is 0 e. The van der Waals surface area contributed by atoms with Gasteiger partial charge in [0.25, 0.3) is 0 Å². The molecule has 0 bridgehead atoms. The molecule has 0 rings (SSSR count). The van der Waals surface area contributed by atoms with Gasteiger partial charge in [-0.2, -0.15) is 0 Å². The summed E-state index contributed by atoms with van der Waals surface area (Å²) < 4.78 is 32.0. The SMILES string of the molecule is O=[Te](=O)(O)O.[Er]. The summed E-state index contributed by atoms with van der Waals surface area (Å²) in [5, 5.41) is 0. The molecule has 0 saturated carbocycles. The van der Waals surface area contributed by atoms with Crippen LogP contribution >= 0.6 is 0 Å². The first kappa shape index (κ1) is 10.5. The molecule has 0 aromatic heterocycles. The Morgan fingerprint density at radius 3 is 1.17 bits per heavy atom. The molecule has 0 unspecified atom stereocenters. The minimum Gasteiger partial charge on any atom is 0 e. The van der Waals surface area contributed by atoms with Gasteiger partial charge in [-0.3, -0.25) is 0 Å². The van der Waals surface area contributed by atoms with Crippen LogP contribution in [0.1, 0.15) is 0 Å². The fourth-order valence-corrected chi connectivity index (χ4v) is 0. The van der Waals surface area contributed by atoms with E-state index in [1.54, 1.807) is 0 Å². The Balaban J connectivity index is 0. The van der Waals surface area contributed by atoms with Crippen molar-refractivity contribution in [1.29, 1.82) is 0 Å². The van der Waals surface area contributed by atoms with Crippen LogP contribution in [0.3, 0.4) is 0 Å². The van der Waals surface area contributed by atoms with Crippen molar-refractivity contribution in [3.63, 3.8) is 0 Å². The molecule has 0 heterocycles. The van der Waals surface area contributed by atoms with E-state index in [4.69, 9.17) is 13.2 Å². The van der Waals surface area contributed by atoms with Gasteiger partial charge in [-0.1, -0.05) is 0 Å². The average molecular weight is 361 g/mol. The Labute approximate surface area is 68.4 Å². The fraction of sp³-hybridized carbons (Fsp3) is 0. The zero-order valence-corrected chi connectivity index (χ0v) is 6.59. The molecule has 0 aromatic rings. The van der Waals surface area contributed by atoms with Gasteiger partial charge in [0.05, 0.1) is 0 Å². The monoisotopic (exact) mass is 362 g/mol. The Morgan fingerprint density at radius 1 is 1.17 bits per heavy atom. The average Bonchev–Trinajstić information content (AvgIpc) is 0.722. The van der Waals surface area contributed by atoms with Crippen LogP contribution in [0.4, 0.5) is 0 Å². The zero-order valence-electron chi connectivity index (χ0n) is 2.41. The van der Waals surface area contributed by atoms with Gasteiger partial charge in [0.15, 0.2) is 0 Å². The van der Waals surface area contributed by atoms with Gasteiger partial charge < -0.3 is 0 Å². The summed E-state index contributed by atoms with van der Waals surface area (Å²) in [7, 11) is 0. The molecule has 0 aliphatic carbocycles. The molecule has 0 aliphatic rings. The normalized spacial score (nSPS) is 9.67. The predicted molar refractivity (Wildman–Crippen MR) is 11.6 cm³/mol. The molecule has 6 heteroatoms. The molecular weight excluding hydrogens is 359 g/mol. The standard InChI is InChI=1S/Er.H2O4Te/c;1-5(2,3)4/h;(H2,1,2,3,4). The van der Waals surface area contributed by atoms with E-state index >= 15 is 0 Å². The fourth-order valence-electron chi connectivity index (χ4n) is 0. The van der Waals surface area contributed by atoms with Crippen molar-refractivity contribution in [3.8, 4) is 0 Å². The molecule has 44 valence electrons. The second-order valence-electron chi connectivity index (χ2n) is 0.448. The van der Waals surface area contributed by atoms with Crippen molar-refractivity contribution < 1.29 is 50.5 Å². The minimum absolute atomic E-state index is 0. The number of hydrogen-bond donors (Lipinski definition) is 2. The third-order valence-corrected chi connectivity index (χ3v) is 0. The third-order valence-electron chi connectivity index (χ3n) is 0. The van der Waals surface area contributed by atoms with Crippen molar-refractivity contribution in [2.45, 2.75) is 0 Å². The second kappa shape index (κ2) is 3.55. The van der Waals surface area contributed by atoms with Crippen LogP contribution in [0.2, 0.25) is 0 Å². The molecule has 0 aromatic carbocycles. The zero-order chi connectivity index (χ0) is 4.50. The van der Waals surface area contributed by atoms with Crippen molar-refractivity contribution in [2.24, 2.45) is 0 Å². The molecule has 0 atom stereocenters. The van der Waals surface area contributed by atoms with Gasteiger partial charge >= 0.3 is 32.1 Å². The molecule has 0 aliphatic heterocycles. The Kier molecular flexibility index (Phi) is 6.22. The van der Waals surface area contributed by atoms with Crippen molar-refractivity contribution >= 4 is 19.0 Å². The van der Waals surface area contributed by atoms with E-state index < -0.39 is 19.0 Å². The van der Waals surface area contributed by atoms with Crippen LogP contribution in [0.25, 0.3) is 0 Å². The van der Waals surface area contributed by atoms with E-state index in [0.717, 1.165) is 0 Å². The first-order chi connectivity index (χ1) is 2.00. The Morgan fingerprint density at radius 2 is 1.17 bits per heavy atom. The van der Waals surface area contributed by atoms with E-state index in [-0.39, 0.29) is 37.3 Å². The quantitative estimate of drug-likeness (QED) is 0.503. The van der Waals surface area contributed by atoms with E-state index in [1.165, 1.54) is 0 Å². The summed E-state index contributed by atoms with van der Waals surface area (Å²) in [4.78, 5) is 0. The van der Waals surface area contributed by atoms with Crippen molar-refractivity contribution in [3.05, 3.63) is 0 Å². The minimum atomic E-state index is -5.52. The van der Waals surface area contributed by atoms with E-state index in [9.17, 15) is 0 Å². The van der Waals surface area contributed by atoms with Crippen molar-refractivity contribution in [1.82, 2.24) is 0 Å². The molecule has 2 N–H and O–H groups in total. The van der Waals surface area contributed by atoms with Crippen LogP contribution in [-0.4, -0.2) is 25.9 Å². The predicted octanol–water partition coefficient (Wildman–Crippen LogP) is -1.73. The molecular formula is H2ErO4Te. The Hall–Kier alpha value is 1.56. The summed E-state index contributed by atoms with van der Waals surface area (Å²) in [6.45, 7) is 0. The Bertz CT molecular complexity index is 90.7. The molecule has 0 radical (unpaired) electrons. The van der Waals surface area contributed by atoms with Gasteiger partial charge in [0.2, 0.25) is 0 Å². The topological polar surface area (TPSA) is 74.6 Å². The first-order valence-corrected chi connectivity index (χ1v) is 4.69. The summed E-state index contributed by atoms with van der Waals surface area (Å²) in [6, 6.07) is 0.